The third kappa shape index (κ3) is 6.28. The zero-order valence-electron chi connectivity index (χ0n) is 20.9. The largest absolute Gasteiger partial charge is 0.497 e. The number of aliphatic hydroxyl groups is 2. The molecule has 0 radical (unpaired) electrons. The number of carbonyl (C=O) groups is 1. The fourth-order valence-electron chi connectivity index (χ4n) is 3.65. The summed E-state index contributed by atoms with van der Waals surface area (Å²) in [6.07, 6.45) is -4.04. The standard InChI is InChI=1S/C22H28N6O9S/c1-22(2,3)37-21(31)27-38(32,33)35-9-14-16(29)17(30)20(36-14)28-11-25-15-18(23-10-24-19(15)28)26-12-6-5-7-13(8-12)34-4/h5-8,10-11,14,16-17,20,29-30H,9H2,1-4H3,(H,27,31)(H,23,24,26)/t14-,16-,17-,20-/m1/s1. The van der Waals surface area contributed by atoms with Gasteiger partial charge in [-0.05, 0) is 32.9 Å². The molecule has 206 valence electrons. The average Bonchev–Trinajstić information content (AvgIpc) is 3.38. The van der Waals surface area contributed by atoms with Crippen LogP contribution in [0.2, 0.25) is 0 Å². The maximum Gasteiger partial charge on any atom is 0.423 e. The van der Waals surface area contributed by atoms with Gasteiger partial charge in [0.15, 0.2) is 23.2 Å². The van der Waals surface area contributed by atoms with Crippen LogP contribution < -0.4 is 14.8 Å². The normalized spacial score (nSPS) is 21.8. The third-order valence-corrected chi connectivity index (χ3v) is 6.16. The number of nitrogens with one attached hydrogen (secondary N) is 2. The van der Waals surface area contributed by atoms with E-state index < -0.39 is 53.1 Å². The molecule has 4 N–H and O–H groups in total. The van der Waals surface area contributed by atoms with Gasteiger partial charge in [-0.3, -0.25) is 8.75 Å². The smallest absolute Gasteiger partial charge is 0.423 e. The summed E-state index contributed by atoms with van der Waals surface area (Å²) in [5.74, 6) is 1.01. The molecule has 4 rings (SSSR count). The SMILES string of the molecule is COc1cccc(Nc2ncnc3c2ncn3[C@@H]2O[C@H](COS(=O)(=O)NC(=O)OC(C)(C)C)[C@@H](O)[C@H]2O)c1. The highest BCUT2D eigenvalue weighted by Crippen LogP contribution is 2.33. The van der Waals surface area contributed by atoms with E-state index in [1.54, 1.807) is 50.8 Å². The first kappa shape index (κ1) is 27.5. The van der Waals surface area contributed by atoms with Gasteiger partial charge >= 0.3 is 16.4 Å². The molecule has 1 aliphatic rings. The number of methoxy groups -OCH3 is 1. The quantitative estimate of drug-likeness (QED) is 0.309. The first-order chi connectivity index (χ1) is 17.9. The molecule has 15 nitrogen and oxygen atoms in total. The fourth-order valence-corrected chi connectivity index (χ4v) is 4.27. The maximum atomic E-state index is 12.1. The Morgan fingerprint density at radius 3 is 2.66 bits per heavy atom. The molecule has 1 aliphatic heterocycles. The summed E-state index contributed by atoms with van der Waals surface area (Å²) in [6, 6.07) is 7.16. The van der Waals surface area contributed by atoms with E-state index in [9.17, 15) is 23.4 Å². The van der Waals surface area contributed by atoms with E-state index in [1.165, 1.54) is 17.2 Å². The van der Waals surface area contributed by atoms with Crippen LogP contribution in [0, 0.1) is 0 Å². The summed E-state index contributed by atoms with van der Waals surface area (Å²) in [4.78, 5) is 24.5. The van der Waals surface area contributed by atoms with Crippen molar-refractivity contribution in [2.24, 2.45) is 0 Å². The van der Waals surface area contributed by atoms with E-state index in [-0.39, 0.29) is 5.65 Å². The minimum Gasteiger partial charge on any atom is -0.497 e. The number of carbonyl (C=O) groups excluding carboxylic acids is 1. The van der Waals surface area contributed by atoms with Crippen LogP contribution in [0.3, 0.4) is 0 Å². The van der Waals surface area contributed by atoms with Crippen LogP contribution in [0.15, 0.2) is 36.9 Å². The van der Waals surface area contributed by atoms with Gasteiger partial charge in [0.2, 0.25) is 0 Å². The lowest BCUT2D eigenvalue weighted by Crippen LogP contribution is -2.39. The van der Waals surface area contributed by atoms with Crippen LogP contribution in [0.25, 0.3) is 11.2 Å². The van der Waals surface area contributed by atoms with Crippen LogP contribution in [-0.2, 0) is 24.0 Å². The summed E-state index contributed by atoms with van der Waals surface area (Å²) in [5.41, 5.74) is 0.388. The Morgan fingerprint density at radius 2 is 1.95 bits per heavy atom. The highest BCUT2D eigenvalue weighted by atomic mass is 32.2. The Hall–Kier alpha value is -3.57. The molecule has 2 aromatic heterocycles. The first-order valence-corrected chi connectivity index (χ1v) is 12.8. The van der Waals surface area contributed by atoms with Crippen molar-refractivity contribution in [1.29, 1.82) is 0 Å². The van der Waals surface area contributed by atoms with Crippen LogP contribution in [0.1, 0.15) is 27.0 Å². The van der Waals surface area contributed by atoms with Crippen LogP contribution in [-0.4, -0.2) is 81.9 Å². The van der Waals surface area contributed by atoms with Gasteiger partial charge in [-0.15, -0.1) is 0 Å². The van der Waals surface area contributed by atoms with Crippen molar-refractivity contribution >= 4 is 39.1 Å². The van der Waals surface area contributed by atoms with Crippen LogP contribution >= 0.6 is 0 Å². The topological polar surface area (TPSA) is 196 Å². The van der Waals surface area contributed by atoms with Crippen molar-refractivity contribution in [3.05, 3.63) is 36.9 Å². The molecule has 0 bridgehead atoms. The summed E-state index contributed by atoms with van der Waals surface area (Å²) < 4.78 is 47.8. The van der Waals surface area contributed by atoms with Crippen molar-refractivity contribution in [1.82, 2.24) is 24.2 Å². The highest BCUT2D eigenvalue weighted by Gasteiger charge is 2.45. The van der Waals surface area contributed by atoms with Gasteiger partial charge in [-0.2, -0.15) is 13.1 Å². The number of rotatable bonds is 8. The monoisotopic (exact) mass is 552 g/mol. The number of hydrogen-bond donors (Lipinski definition) is 4. The molecule has 1 fully saturated rings. The molecule has 3 aromatic rings. The second-order valence-corrected chi connectivity index (χ2v) is 10.6. The number of benzene rings is 1. The minimum absolute atomic E-state index is 0.280. The van der Waals surface area contributed by atoms with Gasteiger partial charge in [0.05, 0.1) is 20.0 Å². The Balaban J connectivity index is 1.47. The molecule has 0 saturated carbocycles. The molecule has 1 amide bonds. The van der Waals surface area contributed by atoms with Gasteiger partial charge in [0, 0.05) is 11.8 Å². The number of aliphatic hydroxyl groups excluding tert-OH is 2. The van der Waals surface area contributed by atoms with Crippen molar-refractivity contribution in [3.8, 4) is 5.75 Å². The van der Waals surface area contributed by atoms with Crippen molar-refractivity contribution in [2.45, 2.75) is 50.9 Å². The number of ether oxygens (including phenoxy) is 3. The molecule has 4 atom stereocenters. The Bertz CT molecular complexity index is 1410. The number of imidazole rings is 1. The number of nitrogens with zero attached hydrogens (tertiary/aromatic N) is 4. The van der Waals surface area contributed by atoms with E-state index in [0.29, 0.717) is 22.8 Å². The zero-order valence-corrected chi connectivity index (χ0v) is 21.7. The maximum absolute atomic E-state index is 12.1. The van der Waals surface area contributed by atoms with Gasteiger partial charge < -0.3 is 29.7 Å². The van der Waals surface area contributed by atoms with Crippen molar-refractivity contribution in [3.63, 3.8) is 0 Å². The second kappa shape index (κ2) is 10.7. The summed E-state index contributed by atoms with van der Waals surface area (Å²) in [6.45, 7) is 3.99. The fraction of sp³-hybridized carbons (Fsp3) is 0.455. The summed E-state index contributed by atoms with van der Waals surface area (Å²) in [7, 11) is -3.03. The van der Waals surface area contributed by atoms with Crippen molar-refractivity contribution in [2.75, 3.05) is 19.0 Å². The van der Waals surface area contributed by atoms with Gasteiger partial charge in [0.1, 0.15) is 36.0 Å². The third-order valence-electron chi connectivity index (χ3n) is 5.30. The number of anilines is 2. The molecular weight excluding hydrogens is 524 g/mol. The number of amides is 1. The molecule has 38 heavy (non-hydrogen) atoms. The molecule has 0 spiro atoms. The van der Waals surface area contributed by atoms with Crippen molar-refractivity contribution < 1.29 is 41.8 Å². The van der Waals surface area contributed by atoms with Gasteiger partial charge in [-0.25, -0.2) is 19.7 Å². The average molecular weight is 553 g/mol. The van der Waals surface area contributed by atoms with E-state index in [0.717, 1.165) is 0 Å². The molecule has 16 heteroatoms. The van der Waals surface area contributed by atoms with E-state index in [4.69, 9.17) is 18.4 Å². The second-order valence-electron chi connectivity index (χ2n) is 9.29. The lowest BCUT2D eigenvalue weighted by molar-refractivity contribution is -0.0469. The number of fused-ring (bicyclic) bond motifs is 1. The molecule has 0 aliphatic carbocycles. The Labute approximate surface area is 218 Å². The Kier molecular flexibility index (Phi) is 7.70. The van der Waals surface area contributed by atoms with Crippen LogP contribution in [0.5, 0.6) is 5.75 Å². The lowest BCUT2D eigenvalue weighted by atomic mass is 10.1. The summed E-state index contributed by atoms with van der Waals surface area (Å²) in [5, 5.41) is 24.2. The molecule has 0 unspecified atom stereocenters. The van der Waals surface area contributed by atoms with Gasteiger partial charge in [-0.1, -0.05) is 6.07 Å². The number of aromatic nitrogens is 4. The summed E-state index contributed by atoms with van der Waals surface area (Å²) >= 11 is 0. The van der Waals surface area contributed by atoms with E-state index in [1.807, 2.05) is 6.07 Å². The predicted octanol–water partition coefficient (Wildman–Crippen LogP) is 0.984. The Morgan fingerprint density at radius 1 is 1.18 bits per heavy atom. The van der Waals surface area contributed by atoms with E-state index in [2.05, 4.69) is 20.3 Å². The van der Waals surface area contributed by atoms with Gasteiger partial charge in [0.25, 0.3) is 0 Å². The van der Waals surface area contributed by atoms with Crippen LogP contribution in [0.4, 0.5) is 16.3 Å². The molecule has 1 saturated heterocycles. The number of hydrogen-bond acceptors (Lipinski definition) is 13. The first-order valence-electron chi connectivity index (χ1n) is 11.4. The highest BCUT2D eigenvalue weighted by molar-refractivity contribution is 7.85. The minimum atomic E-state index is -4.58. The molecule has 3 heterocycles. The zero-order chi connectivity index (χ0) is 27.7. The van der Waals surface area contributed by atoms with E-state index >= 15 is 0 Å². The lowest BCUT2D eigenvalue weighted by Gasteiger charge is -2.20. The molecular formula is C22H28N6O9S. The molecule has 1 aromatic carbocycles. The predicted molar refractivity (Wildman–Crippen MR) is 132 cm³/mol.